The van der Waals surface area contributed by atoms with Crippen LogP contribution >= 0.6 is 15.9 Å². The predicted molar refractivity (Wildman–Crippen MR) is 88.4 cm³/mol. The van der Waals surface area contributed by atoms with Crippen molar-refractivity contribution >= 4 is 22.1 Å². The van der Waals surface area contributed by atoms with Crippen LogP contribution in [0.2, 0.25) is 0 Å². The molecule has 0 aliphatic carbocycles. The number of nitrogens with zero attached hydrogens (tertiary/aromatic N) is 1. The van der Waals surface area contributed by atoms with Gasteiger partial charge in [0.15, 0.2) is 0 Å². The van der Waals surface area contributed by atoms with Crippen molar-refractivity contribution in [3.8, 4) is 0 Å². The maximum atomic E-state index is 7.50. The van der Waals surface area contributed by atoms with E-state index in [1.807, 2.05) is 30.5 Å². The van der Waals surface area contributed by atoms with Crippen molar-refractivity contribution in [3.63, 3.8) is 0 Å². The fourth-order valence-corrected chi connectivity index (χ4v) is 1.84. The Morgan fingerprint density at radius 3 is 1.92 bits per heavy atom. The van der Waals surface area contributed by atoms with Gasteiger partial charge in [-0.05, 0) is 35.7 Å². The molecule has 0 heterocycles. The smallest absolute Gasteiger partial charge is 0 e. The Morgan fingerprint density at radius 2 is 1.42 bits per heavy atom. The summed E-state index contributed by atoms with van der Waals surface area (Å²) in [7, 11) is 0. The van der Waals surface area contributed by atoms with Crippen molar-refractivity contribution in [2.24, 2.45) is 4.99 Å². The van der Waals surface area contributed by atoms with Gasteiger partial charge in [-0.1, -0.05) is 52.3 Å². The molecule has 0 aliphatic heterocycles. The first-order valence-electron chi connectivity index (χ1n) is 6.17. The van der Waals surface area contributed by atoms with Gasteiger partial charge in [0.05, 0.1) is 6.54 Å². The number of halogens is 1. The Hall–Kier alpha value is -1.66. The average molecular weight is 424 g/mol. The molecule has 0 atom stereocenters. The molecule has 0 amide bonds. The molecule has 0 saturated heterocycles. The molecular weight excluding hydrogens is 410 g/mol. The van der Waals surface area contributed by atoms with E-state index in [1.165, 1.54) is 16.7 Å². The van der Waals surface area contributed by atoms with Gasteiger partial charge in [-0.15, -0.1) is 0 Å². The van der Waals surface area contributed by atoms with Gasteiger partial charge >= 0.3 is 33.9 Å². The largest absolute Gasteiger partial charge is 0 e. The number of hydrogen-bond acceptors (Lipinski definition) is 1. The molecule has 2 aromatic rings. The van der Waals surface area contributed by atoms with Gasteiger partial charge in [0.1, 0.15) is 0 Å². The van der Waals surface area contributed by atoms with Crippen LogP contribution in [0.1, 0.15) is 16.7 Å². The van der Waals surface area contributed by atoms with E-state index >= 15 is 0 Å². The average Bonchev–Trinajstić information content (AvgIpc) is 2.63. The van der Waals surface area contributed by atoms with E-state index in [4.69, 9.17) is 14.0 Å². The van der Waals surface area contributed by atoms with Gasteiger partial charge < -0.3 is 0 Å². The van der Waals surface area contributed by atoms with Crippen molar-refractivity contribution in [2.45, 2.75) is 13.5 Å². The van der Waals surface area contributed by atoms with Crippen LogP contribution in [0, 0.1) is 26.9 Å². The van der Waals surface area contributed by atoms with Crippen LogP contribution in [0.3, 0.4) is 0 Å². The monoisotopic (exact) mass is 423 g/mol. The second kappa shape index (κ2) is 19.4. The second-order valence-corrected chi connectivity index (χ2v) is 4.87. The molecule has 0 bridgehead atoms. The number of rotatable bonds is 3. The fourth-order valence-electron chi connectivity index (χ4n) is 1.57. The molecule has 122 valence electrons. The summed E-state index contributed by atoms with van der Waals surface area (Å²) < 4.78 is 23.6. The Balaban J connectivity index is -0.000000569. The Morgan fingerprint density at radius 1 is 0.917 bits per heavy atom. The maximum Gasteiger partial charge on any atom is 0 e. The third-order valence-electron chi connectivity index (χ3n) is 2.61. The molecule has 0 spiro atoms. The summed E-state index contributed by atoms with van der Waals surface area (Å²) in [5.41, 5.74) is 3.66. The Bertz CT molecular complexity index is 635. The molecule has 0 unspecified atom stereocenters. The number of benzene rings is 2. The van der Waals surface area contributed by atoms with Crippen LogP contribution in [0.15, 0.2) is 58.0 Å². The van der Waals surface area contributed by atoms with E-state index < -0.39 is 0 Å². The van der Waals surface area contributed by atoms with Gasteiger partial charge in [0, 0.05) is 28.0 Å². The molecular formula is C18H14BrCrNO3. The van der Waals surface area contributed by atoms with Crippen LogP contribution in [0.25, 0.3) is 0 Å². The van der Waals surface area contributed by atoms with Crippen molar-refractivity contribution in [1.82, 2.24) is 0 Å². The van der Waals surface area contributed by atoms with Crippen LogP contribution in [-0.4, -0.2) is 6.21 Å². The van der Waals surface area contributed by atoms with Crippen molar-refractivity contribution < 1.29 is 31.3 Å². The number of aliphatic imine (C=N–C) groups is 1. The first-order valence-corrected chi connectivity index (χ1v) is 6.96. The quantitative estimate of drug-likeness (QED) is 0.401. The summed E-state index contributed by atoms with van der Waals surface area (Å²) in [4.78, 5) is 4.46. The Kier molecular flexibility index (Phi) is 22.0. The van der Waals surface area contributed by atoms with Crippen molar-refractivity contribution in [3.05, 3.63) is 89.6 Å². The molecule has 0 aromatic heterocycles. The summed E-state index contributed by atoms with van der Waals surface area (Å²) in [5.74, 6) is 0. The topological polar surface area (TPSA) is 72.1 Å². The fraction of sp³-hybridized carbons (Fsp3) is 0.111. The van der Waals surface area contributed by atoms with Gasteiger partial charge in [-0.25, -0.2) is 0 Å². The standard InChI is InChI=1S/C15H14BrN.3CO.Cr/c1-12-4-2-3-5-14(12)11-17-10-13-6-8-15(16)9-7-13;3*1-2;/h2-9,11H,10H2,1H3;;;;. The normalized spacial score (nSPS) is 8.00. The third-order valence-corrected chi connectivity index (χ3v) is 3.13. The van der Waals surface area contributed by atoms with Gasteiger partial charge in [0.25, 0.3) is 0 Å². The molecule has 6 heteroatoms. The second-order valence-electron chi connectivity index (χ2n) is 3.95. The van der Waals surface area contributed by atoms with Crippen molar-refractivity contribution in [2.75, 3.05) is 0 Å². The number of hydrogen-bond donors (Lipinski definition) is 0. The molecule has 2 aromatic carbocycles. The van der Waals surface area contributed by atoms with Crippen LogP contribution < -0.4 is 0 Å². The molecule has 2 rings (SSSR count). The van der Waals surface area contributed by atoms with E-state index in [-0.39, 0.29) is 17.4 Å². The molecule has 0 N–H and O–H groups in total. The molecule has 24 heavy (non-hydrogen) atoms. The molecule has 0 radical (unpaired) electrons. The van der Waals surface area contributed by atoms with Crippen molar-refractivity contribution in [1.29, 1.82) is 0 Å². The van der Waals surface area contributed by atoms with E-state index in [2.05, 4.69) is 72.1 Å². The van der Waals surface area contributed by atoms with Crippen LogP contribution in [0.4, 0.5) is 0 Å². The van der Waals surface area contributed by atoms with Gasteiger partial charge in [0.2, 0.25) is 0 Å². The summed E-state index contributed by atoms with van der Waals surface area (Å²) in [5, 5.41) is 0. The number of aryl methyl sites for hydroxylation is 1. The van der Waals surface area contributed by atoms with Gasteiger partial charge in [-0.3, -0.25) is 4.99 Å². The van der Waals surface area contributed by atoms with E-state index in [0.29, 0.717) is 0 Å². The first kappa shape index (κ1) is 27.2. The zero-order chi connectivity index (χ0) is 18.1. The minimum Gasteiger partial charge on any atom is 0 e. The summed E-state index contributed by atoms with van der Waals surface area (Å²) in [6.45, 7) is 16.3. The Labute approximate surface area is 161 Å². The minimum atomic E-state index is 0. The van der Waals surface area contributed by atoms with E-state index in [9.17, 15) is 0 Å². The summed E-state index contributed by atoms with van der Waals surface area (Å²) >= 11 is 3.42. The van der Waals surface area contributed by atoms with Gasteiger partial charge in [-0.2, -0.15) is 0 Å². The summed E-state index contributed by atoms with van der Waals surface area (Å²) in [6.07, 6.45) is 1.94. The maximum absolute atomic E-state index is 7.50. The van der Waals surface area contributed by atoms with E-state index in [0.717, 1.165) is 11.0 Å². The molecule has 0 fully saturated rings. The first-order chi connectivity index (χ1) is 11.3. The van der Waals surface area contributed by atoms with E-state index in [1.54, 1.807) is 0 Å². The predicted octanol–water partition coefficient (Wildman–Crippen LogP) is 4.26. The molecule has 0 aliphatic rings. The minimum absolute atomic E-state index is 0. The molecule has 4 nitrogen and oxygen atoms in total. The molecule has 0 saturated carbocycles. The SMILES string of the molecule is Cc1ccccc1C=NCc1ccc(Br)cc1.[C-]#[O+].[C-]#[O+].[C-]#[O+].[Cr]. The summed E-state index contributed by atoms with van der Waals surface area (Å²) in [6, 6.07) is 16.5. The van der Waals surface area contributed by atoms with Crippen LogP contribution in [0.5, 0.6) is 0 Å². The third kappa shape index (κ3) is 11.9. The zero-order valence-electron chi connectivity index (χ0n) is 12.9. The zero-order valence-corrected chi connectivity index (χ0v) is 15.7. The van der Waals surface area contributed by atoms with Crippen LogP contribution in [-0.2, 0) is 37.9 Å².